The lowest BCUT2D eigenvalue weighted by Gasteiger charge is -2.21. The number of aromatic nitrogens is 3. The molecule has 1 N–H and O–H groups in total. The van der Waals surface area contributed by atoms with E-state index in [9.17, 15) is 0 Å². The molecule has 0 aliphatic heterocycles. The highest BCUT2D eigenvalue weighted by Gasteiger charge is 2.15. The van der Waals surface area contributed by atoms with Crippen molar-refractivity contribution in [2.75, 3.05) is 0 Å². The van der Waals surface area contributed by atoms with Crippen molar-refractivity contribution < 1.29 is 4.52 Å². The molecule has 0 bridgehead atoms. The summed E-state index contributed by atoms with van der Waals surface area (Å²) >= 11 is 0. The first-order valence-electron chi connectivity index (χ1n) is 7.06. The molecule has 0 aromatic carbocycles. The maximum absolute atomic E-state index is 4.79. The van der Waals surface area contributed by atoms with Gasteiger partial charge in [-0.3, -0.25) is 4.68 Å². The van der Waals surface area contributed by atoms with Gasteiger partial charge >= 0.3 is 0 Å². The van der Waals surface area contributed by atoms with Gasteiger partial charge in [-0.15, -0.1) is 0 Å². The third-order valence-corrected chi connectivity index (χ3v) is 3.72. The highest BCUT2D eigenvalue weighted by molar-refractivity contribution is 5.01. The van der Waals surface area contributed by atoms with E-state index in [4.69, 9.17) is 4.52 Å². The van der Waals surface area contributed by atoms with Crippen molar-refractivity contribution in [1.82, 2.24) is 20.3 Å². The Labute approximate surface area is 113 Å². The maximum Gasteiger partial charge on any atom is 0.124 e. The van der Waals surface area contributed by atoms with Crippen LogP contribution in [-0.2, 0) is 13.1 Å². The summed E-state index contributed by atoms with van der Waals surface area (Å²) in [6, 6.07) is 4.58. The molecule has 0 atom stereocenters. The van der Waals surface area contributed by atoms with Crippen molar-refractivity contribution in [2.24, 2.45) is 0 Å². The fourth-order valence-corrected chi connectivity index (χ4v) is 2.67. The van der Waals surface area contributed by atoms with Crippen molar-refractivity contribution in [2.45, 2.75) is 51.2 Å². The van der Waals surface area contributed by atoms with Crippen LogP contribution >= 0.6 is 0 Å². The molecule has 5 heteroatoms. The van der Waals surface area contributed by atoms with E-state index in [1.165, 1.54) is 32.1 Å². The summed E-state index contributed by atoms with van der Waals surface area (Å²) < 4.78 is 6.94. The molecule has 0 amide bonds. The Bertz CT molecular complexity index is 485. The number of rotatable bonds is 5. The fourth-order valence-electron chi connectivity index (χ4n) is 2.67. The van der Waals surface area contributed by atoms with Crippen LogP contribution in [0.5, 0.6) is 0 Å². The van der Waals surface area contributed by atoms with E-state index >= 15 is 0 Å². The van der Waals surface area contributed by atoms with Gasteiger partial charge in [0, 0.05) is 25.4 Å². The predicted molar refractivity (Wildman–Crippen MR) is 71.4 cm³/mol. The zero-order valence-electron chi connectivity index (χ0n) is 11.1. The Hall–Kier alpha value is -1.62. The van der Waals surface area contributed by atoms with Crippen molar-refractivity contribution in [3.63, 3.8) is 0 Å². The summed E-state index contributed by atoms with van der Waals surface area (Å²) in [7, 11) is 0. The van der Waals surface area contributed by atoms with Gasteiger partial charge < -0.3 is 9.84 Å². The zero-order valence-corrected chi connectivity index (χ0v) is 11.1. The minimum Gasteiger partial charge on any atom is -0.364 e. The van der Waals surface area contributed by atoms with Gasteiger partial charge in [0.15, 0.2) is 0 Å². The summed E-state index contributed by atoms with van der Waals surface area (Å²) in [6.07, 6.45) is 10.3. The predicted octanol–water partition coefficient (Wildman–Crippen LogP) is 2.67. The van der Waals surface area contributed by atoms with Crippen LogP contribution in [0.3, 0.4) is 0 Å². The molecule has 2 aromatic rings. The Kier molecular flexibility index (Phi) is 3.93. The topological polar surface area (TPSA) is 55.9 Å². The second kappa shape index (κ2) is 6.02. The number of hydrogen-bond acceptors (Lipinski definition) is 4. The van der Waals surface area contributed by atoms with E-state index in [1.807, 2.05) is 6.07 Å². The summed E-state index contributed by atoms with van der Waals surface area (Å²) in [6.45, 7) is 1.49. The number of hydrogen-bond donors (Lipinski definition) is 1. The average Bonchev–Trinajstić information content (AvgIpc) is 3.11. The van der Waals surface area contributed by atoms with Crippen LogP contribution in [0.1, 0.15) is 49.5 Å². The first-order chi connectivity index (χ1) is 9.42. The normalized spacial score (nSPS) is 16.8. The Morgan fingerprint density at radius 2 is 2.00 bits per heavy atom. The lowest BCUT2D eigenvalue weighted by atomic mass is 9.96. The van der Waals surface area contributed by atoms with E-state index in [0.29, 0.717) is 12.6 Å². The molecule has 102 valence electrons. The molecule has 19 heavy (non-hydrogen) atoms. The van der Waals surface area contributed by atoms with Crippen molar-refractivity contribution in [3.05, 3.63) is 36.0 Å². The van der Waals surface area contributed by atoms with Gasteiger partial charge in [0.05, 0.1) is 17.4 Å². The third kappa shape index (κ3) is 3.23. The molecule has 0 spiro atoms. The first kappa shape index (κ1) is 12.4. The molecule has 3 rings (SSSR count). The van der Waals surface area contributed by atoms with Gasteiger partial charge in [0.2, 0.25) is 0 Å². The van der Waals surface area contributed by atoms with Crippen LogP contribution in [0, 0.1) is 0 Å². The molecule has 2 aromatic heterocycles. The lowest BCUT2D eigenvalue weighted by molar-refractivity contribution is 0.327. The highest BCUT2D eigenvalue weighted by Crippen LogP contribution is 2.27. The van der Waals surface area contributed by atoms with Crippen LogP contribution in [-0.4, -0.2) is 14.9 Å². The molecule has 1 saturated carbocycles. The van der Waals surface area contributed by atoms with Crippen molar-refractivity contribution >= 4 is 0 Å². The van der Waals surface area contributed by atoms with Gasteiger partial charge in [-0.1, -0.05) is 24.4 Å². The van der Waals surface area contributed by atoms with Gasteiger partial charge in [-0.25, -0.2) is 0 Å². The molecule has 2 heterocycles. The Morgan fingerprint density at radius 1 is 1.16 bits per heavy atom. The lowest BCUT2D eigenvalue weighted by Crippen LogP contribution is -2.16. The van der Waals surface area contributed by atoms with Crippen LogP contribution in [0.25, 0.3) is 0 Å². The number of nitrogens with one attached hydrogen (secondary N) is 1. The third-order valence-electron chi connectivity index (χ3n) is 3.72. The minimum atomic E-state index is 0.609. The van der Waals surface area contributed by atoms with Gasteiger partial charge in [-0.2, -0.15) is 5.10 Å². The van der Waals surface area contributed by atoms with E-state index in [-0.39, 0.29) is 0 Å². The Morgan fingerprint density at radius 3 is 2.79 bits per heavy atom. The quantitative estimate of drug-likeness (QED) is 0.898. The van der Waals surface area contributed by atoms with Gasteiger partial charge in [0.25, 0.3) is 0 Å². The summed E-state index contributed by atoms with van der Waals surface area (Å²) in [4.78, 5) is 0. The molecular formula is C14H20N4O. The summed E-state index contributed by atoms with van der Waals surface area (Å²) in [5, 5.41) is 11.8. The van der Waals surface area contributed by atoms with E-state index in [0.717, 1.165) is 17.9 Å². The van der Waals surface area contributed by atoms with E-state index in [2.05, 4.69) is 32.5 Å². The van der Waals surface area contributed by atoms with Gasteiger partial charge in [-0.05, 0) is 18.9 Å². The maximum atomic E-state index is 4.79. The van der Waals surface area contributed by atoms with Crippen LogP contribution in [0.15, 0.2) is 29.1 Å². The SMILES string of the molecule is c1cc(CNCc2ccn(C3CCCCC3)n2)no1. The minimum absolute atomic E-state index is 0.609. The average molecular weight is 260 g/mol. The van der Waals surface area contributed by atoms with Crippen LogP contribution < -0.4 is 5.32 Å². The monoisotopic (exact) mass is 260 g/mol. The van der Waals surface area contributed by atoms with Crippen LogP contribution in [0.2, 0.25) is 0 Å². The van der Waals surface area contributed by atoms with Gasteiger partial charge in [0.1, 0.15) is 6.26 Å². The van der Waals surface area contributed by atoms with Crippen molar-refractivity contribution in [3.8, 4) is 0 Å². The first-order valence-corrected chi connectivity index (χ1v) is 7.06. The second-order valence-electron chi connectivity index (χ2n) is 5.17. The molecule has 0 unspecified atom stereocenters. The largest absolute Gasteiger partial charge is 0.364 e. The van der Waals surface area contributed by atoms with E-state index < -0.39 is 0 Å². The zero-order chi connectivity index (χ0) is 12.9. The molecule has 5 nitrogen and oxygen atoms in total. The summed E-state index contributed by atoms with van der Waals surface area (Å²) in [5.74, 6) is 0. The summed E-state index contributed by atoms with van der Waals surface area (Å²) in [5.41, 5.74) is 2.01. The molecule has 0 radical (unpaired) electrons. The fraction of sp³-hybridized carbons (Fsp3) is 0.571. The smallest absolute Gasteiger partial charge is 0.124 e. The van der Waals surface area contributed by atoms with E-state index in [1.54, 1.807) is 6.26 Å². The molecule has 1 aliphatic carbocycles. The molecule has 0 saturated heterocycles. The molecule has 1 aliphatic rings. The standard InChI is InChI=1S/C14H20N4O/c1-2-4-14(5-3-1)18-8-6-12(16-18)10-15-11-13-7-9-19-17-13/h6-9,14-15H,1-5,10-11H2. The van der Waals surface area contributed by atoms with Crippen LogP contribution in [0.4, 0.5) is 0 Å². The number of nitrogens with zero attached hydrogens (tertiary/aromatic N) is 3. The molecule has 1 fully saturated rings. The highest BCUT2D eigenvalue weighted by atomic mass is 16.5. The Balaban J connectivity index is 1.50. The van der Waals surface area contributed by atoms with Crippen molar-refractivity contribution in [1.29, 1.82) is 0 Å². The second-order valence-corrected chi connectivity index (χ2v) is 5.17. The molecular weight excluding hydrogens is 240 g/mol.